The molecule has 2 aliphatic heterocycles. The van der Waals surface area contributed by atoms with Crippen LogP contribution in [0.4, 0.5) is 5.82 Å². The van der Waals surface area contributed by atoms with E-state index in [1.165, 1.54) is 6.20 Å². The number of pyridine rings is 1. The first-order valence-electron chi connectivity index (χ1n) is 11.3. The van der Waals surface area contributed by atoms with Crippen LogP contribution in [0.1, 0.15) is 22.8 Å². The molecule has 1 amide bonds. The summed E-state index contributed by atoms with van der Waals surface area (Å²) >= 11 is 0. The molecule has 2 aliphatic rings. The number of ether oxygens (including phenoxy) is 2. The molecule has 4 aromatic heterocycles. The zero-order valence-corrected chi connectivity index (χ0v) is 18.6. The van der Waals surface area contributed by atoms with E-state index in [-0.39, 0.29) is 25.2 Å². The van der Waals surface area contributed by atoms with E-state index >= 15 is 0 Å². The van der Waals surface area contributed by atoms with Gasteiger partial charge < -0.3 is 29.8 Å². The van der Waals surface area contributed by atoms with E-state index < -0.39 is 12.1 Å². The van der Waals surface area contributed by atoms with Crippen LogP contribution < -0.4 is 10.6 Å². The number of aliphatic hydroxyl groups is 1. The average Bonchev–Trinajstić information content (AvgIpc) is 3.64. The molecule has 0 aliphatic carbocycles. The number of hydrogen-bond acceptors (Lipinski definition) is 8. The van der Waals surface area contributed by atoms with Crippen molar-refractivity contribution in [1.29, 1.82) is 0 Å². The summed E-state index contributed by atoms with van der Waals surface area (Å²) in [5.74, 6) is 0.334. The Morgan fingerprint density at radius 2 is 2.15 bits per heavy atom. The molecule has 176 valence electrons. The molecule has 2 saturated heterocycles. The van der Waals surface area contributed by atoms with Crippen LogP contribution in [0.25, 0.3) is 27.9 Å². The summed E-state index contributed by atoms with van der Waals surface area (Å²) in [6, 6.07) is 5.60. The van der Waals surface area contributed by atoms with Crippen LogP contribution in [0.5, 0.6) is 0 Å². The lowest BCUT2D eigenvalue weighted by Gasteiger charge is -2.14. The van der Waals surface area contributed by atoms with Gasteiger partial charge in [-0.15, -0.1) is 0 Å². The maximum atomic E-state index is 13.0. The fraction of sp³-hybridized carbons (Fsp3) is 0.391. The van der Waals surface area contributed by atoms with Gasteiger partial charge in [-0.1, -0.05) is 0 Å². The highest BCUT2D eigenvalue weighted by Crippen LogP contribution is 2.34. The molecule has 6 heterocycles. The molecule has 0 saturated carbocycles. The van der Waals surface area contributed by atoms with E-state index in [1.54, 1.807) is 17.8 Å². The lowest BCUT2D eigenvalue weighted by Crippen LogP contribution is -2.42. The van der Waals surface area contributed by atoms with Gasteiger partial charge in [-0.05, 0) is 18.6 Å². The Hall–Kier alpha value is -3.54. The second-order valence-electron chi connectivity index (χ2n) is 8.60. The number of nitrogens with zero attached hydrogens (tertiary/aromatic N) is 5. The number of anilines is 1. The number of aromatic nitrogens is 5. The third kappa shape index (κ3) is 3.40. The van der Waals surface area contributed by atoms with Crippen molar-refractivity contribution < 1.29 is 19.4 Å². The van der Waals surface area contributed by atoms with E-state index in [2.05, 4.69) is 31.5 Å². The van der Waals surface area contributed by atoms with Gasteiger partial charge in [0.05, 0.1) is 49.9 Å². The monoisotopic (exact) mass is 463 g/mol. The number of carbonyl (C=O) groups is 1. The van der Waals surface area contributed by atoms with Crippen LogP contribution in [0.2, 0.25) is 0 Å². The Morgan fingerprint density at radius 3 is 2.91 bits per heavy atom. The summed E-state index contributed by atoms with van der Waals surface area (Å²) < 4.78 is 14.6. The minimum absolute atomic E-state index is 0.205. The molecule has 6 rings (SSSR count). The Labute approximate surface area is 194 Å². The number of aliphatic hydroxyl groups excluding tert-OH is 1. The van der Waals surface area contributed by atoms with Gasteiger partial charge in [0, 0.05) is 43.1 Å². The highest BCUT2D eigenvalue weighted by Gasteiger charge is 2.29. The maximum absolute atomic E-state index is 13.0. The number of hydrogen-bond donors (Lipinski definition) is 3. The van der Waals surface area contributed by atoms with Crippen LogP contribution >= 0.6 is 0 Å². The smallest absolute Gasteiger partial charge is 0.257 e. The minimum atomic E-state index is -0.736. The van der Waals surface area contributed by atoms with Crippen molar-refractivity contribution >= 4 is 28.4 Å². The van der Waals surface area contributed by atoms with Crippen LogP contribution in [0.3, 0.4) is 0 Å². The molecule has 4 aromatic rings. The second kappa shape index (κ2) is 8.35. The SMILES string of the molecule is CNc1cc(-c2cn([C@H]3CCOC3)c3ncccc23)nc2c(C(=O)NC3COC[C@H]3O)cnn12. The molecule has 11 nitrogen and oxygen atoms in total. The van der Waals surface area contributed by atoms with Crippen molar-refractivity contribution in [2.45, 2.75) is 24.6 Å². The summed E-state index contributed by atoms with van der Waals surface area (Å²) in [5, 5.41) is 21.3. The van der Waals surface area contributed by atoms with Crippen molar-refractivity contribution in [1.82, 2.24) is 29.5 Å². The molecule has 0 bridgehead atoms. The summed E-state index contributed by atoms with van der Waals surface area (Å²) in [7, 11) is 1.80. The van der Waals surface area contributed by atoms with Gasteiger partial charge in [0.15, 0.2) is 5.65 Å². The second-order valence-corrected chi connectivity index (χ2v) is 8.60. The van der Waals surface area contributed by atoms with Gasteiger partial charge >= 0.3 is 0 Å². The van der Waals surface area contributed by atoms with Gasteiger partial charge in [0.25, 0.3) is 5.91 Å². The van der Waals surface area contributed by atoms with E-state index in [9.17, 15) is 9.90 Å². The fourth-order valence-corrected chi connectivity index (χ4v) is 4.67. The van der Waals surface area contributed by atoms with Crippen molar-refractivity contribution in [2.24, 2.45) is 0 Å². The molecule has 3 atom stereocenters. The third-order valence-corrected chi connectivity index (χ3v) is 6.50. The summed E-state index contributed by atoms with van der Waals surface area (Å²) in [5.41, 5.74) is 3.24. The van der Waals surface area contributed by atoms with Gasteiger partial charge in [0.2, 0.25) is 0 Å². The van der Waals surface area contributed by atoms with Crippen molar-refractivity contribution in [2.75, 3.05) is 38.8 Å². The molecule has 1 unspecified atom stereocenters. The molecular formula is C23H25N7O4. The topological polar surface area (TPSA) is 128 Å². The summed E-state index contributed by atoms with van der Waals surface area (Å²) in [6.07, 6.45) is 5.54. The van der Waals surface area contributed by atoms with Gasteiger partial charge in [-0.25, -0.2) is 9.97 Å². The predicted octanol–water partition coefficient (Wildman–Crippen LogP) is 1.24. The molecule has 0 aromatic carbocycles. The van der Waals surface area contributed by atoms with Crippen LogP contribution in [0, 0.1) is 0 Å². The lowest BCUT2D eigenvalue weighted by atomic mass is 10.1. The van der Waals surface area contributed by atoms with Crippen molar-refractivity contribution in [3.05, 3.63) is 42.4 Å². The van der Waals surface area contributed by atoms with Gasteiger partial charge in [0.1, 0.15) is 17.0 Å². The minimum Gasteiger partial charge on any atom is -0.388 e. The van der Waals surface area contributed by atoms with Gasteiger partial charge in [-0.3, -0.25) is 4.79 Å². The first kappa shape index (κ1) is 21.0. The molecule has 0 spiro atoms. The molecule has 0 radical (unpaired) electrons. The molecular weight excluding hydrogens is 438 g/mol. The first-order valence-corrected chi connectivity index (χ1v) is 11.3. The van der Waals surface area contributed by atoms with Crippen molar-refractivity contribution in [3.63, 3.8) is 0 Å². The number of fused-ring (bicyclic) bond motifs is 2. The zero-order chi connectivity index (χ0) is 23.2. The maximum Gasteiger partial charge on any atom is 0.257 e. The Bertz CT molecular complexity index is 1370. The zero-order valence-electron chi connectivity index (χ0n) is 18.6. The Morgan fingerprint density at radius 1 is 1.24 bits per heavy atom. The van der Waals surface area contributed by atoms with Crippen molar-refractivity contribution in [3.8, 4) is 11.3 Å². The normalized spacial score (nSPS) is 22.6. The van der Waals surface area contributed by atoms with Crippen LogP contribution in [-0.4, -0.2) is 80.8 Å². The first-order chi connectivity index (χ1) is 16.6. The molecule has 11 heteroatoms. The van der Waals surface area contributed by atoms with Gasteiger partial charge in [-0.2, -0.15) is 9.61 Å². The third-order valence-electron chi connectivity index (χ3n) is 6.50. The Balaban J connectivity index is 1.46. The largest absolute Gasteiger partial charge is 0.388 e. The number of amides is 1. The standard InChI is InChI=1S/C23H25N7O4/c1-24-20-7-17(16-9-29(13-4-6-33-10-13)21-14(16)3-2-5-25-21)27-22-15(8-26-30(20)22)23(32)28-18-11-34-12-19(18)31/h2-3,5,7-9,13,18-19,24,31H,4,6,10-12H2,1H3,(H,28,32)/t13-,18?,19+/m0/s1. The summed E-state index contributed by atoms with van der Waals surface area (Å²) in [6.45, 7) is 1.85. The van der Waals surface area contributed by atoms with E-state index in [4.69, 9.17) is 14.5 Å². The van der Waals surface area contributed by atoms with E-state index in [0.29, 0.717) is 29.3 Å². The highest BCUT2D eigenvalue weighted by atomic mass is 16.5. The summed E-state index contributed by atoms with van der Waals surface area (Å²) in [4.78, 5) is 22.5. The predicted molar refractivity (Wildman–Crippen MR) is 124 cm³/mol. The number of rotatable bonds is 5. The van der Waals surface area contributed by atoms with E-state index in [0.717, 1.165) is 29.6 Å². The number of carbonyl (C=O) groups excluding carboxylic acids is 1. The molecule has 2 fully saturated rings. The quantitative estimate of drug-likeness (QED) is 0.403. The fourth-order valence-electron chi connectivity index (χ4n) is 4.67. The highest BCUT2D eigenvalue weighted by molar-refractivity contribution is 6.01. The van der Waals surface area contributed by atoms with E-state index in [1.807, 2.05) is 18.2 Å². The molecule has 3 N–H and O–H groups in total. The number of nitrogens with one attached hydrogen (secondary N) is 2. The van der Waals surface area contributed by atoms with Crippen LogP contribution in [-0.2, 0) is 9.47 Å². The lowest BCUT2D eigenvalue weighted by molar-refractivity contribution is 0.0888. The molecule has 34 heavy (non-hydrogen) atoms. The average molecular weight is 463 g/mol. The Kier molecular flexibility index (Phi) is 5.16. The van der Waals surface area contributed by atoms with Crippen LogP contribution in [0.15, 0.2) is 36.8 Å².